The molecule has 2 unspecified atom stereocenters. The summed E-state index contributed by atoms with van der Waals surface area (Å²) >= 11 is 0. The van der Waals surface area contributed by atoms with Gasteiger partial charge in [-0.1, -0.05) is 70.4 Å². The van der Waals surface area contributed by atoms with E-state index >= 15 is 0 Å². The summed E-state index contributed by atoms with van der Waals surface area (Å²) in [7, 11) is 0. The van der Waals surface area contributed by atoms with Gasteiger partial charge in [0.1, 0.15) is 31.0 Å². The number of nitro benzene ring substituents is 1. The first kappa shape index (κ1) is 32.9. The molecule has 3 N–H and O–H groups in total. The summed E-state index contributed by atoms with van der Waals surface area (Å²) in [6, 6.07) is 2.59. The lowest BCUT2D eigenvalue weighted by Crippen LogP contribution is -2.60. The quantitative estimate of drug-likeness (QED) is 0.0594. The molecule has 1 aromatic carbocycles. The number of carbonyl (C=O) groups is 1. The minimum atomic E-state index is -1.78. The molecule has 0 aliphatic carbocycles. The standard InChI is InChI=1S/C30H46FNO9/c1-2-3-4-5-6-7-8-9-10-11-12-13-14-15-16-17-26(33)39-21-25-27(34)28(35)29(36)30(41-25)40-24-19-18-22(32(37)38)20-23(24)31/h9-10,18-20,25,27-30,34-36H,2-8,11-17,21H2,1H3/b10-9-/t25-,27-,28+,29-,30?/m1/s1/i16D/t16?,25-,27-,28+,29-,30?. The Hall–Kier alpha value is -2.60. The second kappa shape index (κ2) is 19.5. The van der Waals surface area contributed by atoms with E-state index in [0.717, 1.165) is 44.2 Å². The van der Waals surface area contributed by atoms with Gasteiger partial charge < -0.3 is 29.5 Å². The van der Waals surface area contributed by atoms with E-state index in [1.807, 2.05) is 0 Å². The molecule has 1 fully saturated rings. The topological polar surface area (TPSA) is 149 Å². The SMILES string of the molecule is [2H]C(CCCCC/C=C\CCCCCCCC)CC(=O)OC[C@H]1OC(Oc2ccc([N+](=O)[O-])cc2F)[C@H](O)[C@@H](O)[C@@H]1O. The number of hydrogen-bond acceptors (Lipinski definition) is 9. The predicted octanol–water partition coefficient (Wildman–Crippen LogP) is 5.50. The third-order valence-electron chi connectivity index (χ3n) is 6.93. The van der Waals surface area contributed by atoms with Crippen molar-refractivity contribution in [3.05, 3.63) is 46.3 Å². The minimum absolute atomic E-state index is 0.153. The fraction of sp³-hybridized carbons (Fsp3) is 0.700. The van der Waals surface area contributed by atoms with E-state index in [1.165, 1.54) is 38.5 Å². The molecule has 1 heterocycles. The number of rotatable bonds is 20. The molecule has 0 saturated carbocycles. The van der Waals surface area contributed by atoms with Crippen molar-refractivity contribution in [3.63, 3.8) is 0 Å². The van der Waals surface area contributed by atoms with Crippen molar-refractivity contribution in [2.24, 2.45) is 0 Å². The zero-order chi connectivity index (χ0) is 30.9. The van der Waals surface area contributed by atoms with Crippen LogP contribution in [0.3, 0.4) is 0 Å². The van der Waals surface area contributed by atoms with Gasteiger partial charge in [-0.05, 0) is 38.1 Å². The zero-order valence-corrected chi connectivity index (χ0v) is 23.9. The highest BCUT2D eigenvalue weighted by Crippen LogP contribution is 2.28. The van der Waals surface area contributed by atoms with Crippen molar-refractivity contribution in [1.29, 1.82) is 0 Å². The number of hydrogen-bond donors (Lipinski definition) is 3. The maximum absolute atomic E-state index is 14.2. The Morgan fingerprint density at radius 3 is 2.29 bits per heavy atom. The Kier molecular flexibility index (Phi) is 15.7. The van der Waals surface area contributed by atoms with Crippen molar-refractivity contribution in [2.45, 2.75) is 127 Å². The van der Waals surface area contributed by atoms with Crippen LogP contribution in [0.5, 0.6) is 5.75 Å². The average Bonchev–Trinajstić information content (AvgIpc) is 2.95. The van der Waals surface area contributed by atoms with Crippen LogP contribution in [0, 0.1) is 15.9 Å². The van der Waals surface area contributed by atoms with E-state index < -0.39 is 71.9 Å². The number of carbonyl (C=O) groups excluding carboxylic acids is 1. The molecule has 0 radical (unpaired) electrons. The lowest BCUT2D eigenvalue weighted by molar-refractivity contribution is -0.385. The fourth-order valence-corrected chi connectivity index (χ4v) is 4.44. The molecule has 1 saturated heterocycles. The van der Waals surface area contributed by atoms with Gasteiger partial charge >= 0.3 is 5.97 Å². The number of allylic oxidation sites excluding steroid dienone is 2. The van der Waals surface area contributed by atoms with Crippen LogP contribution in [0.2, 0.25) is 0 Å². The number of nitrogens with zero attached hydrogens (tertiary/aromatic N) is 1. The molecule has 0 bridgehead atoms. The highest BCUT2D eigenvalue weighted by atomic mass is 19.1. The number of esters is 1. The molecule has 2 rings (SSSR count). The van der Waals surface area contributed by atoms with E-state index in [1.54, 1.807) is 0 Å². The Morgan fingerprint density at radius 1 is 1.02 bits per heavy atom. The number of halogens is 1. The van der Waals surface area contributed by atoms with Crippen LogP contribution in [0.1, 0.15) is 98.2 Å². The van der Waals surface area contributed by atoms with Gasteiger partial charge in [-0.2, -0.15) is 0 Å². The lowest BCUT2D eigenvalue weighted by atomic mass is 9.99. The first-order chi connectivity index (χ1) is 20.1. The van der Waals surface area contributed by atoms with E-state index in [4.69, 9.17) is 15.6 Å². The molecule has 6 atom stereocenters. The summed E-state index contributed by atoms with van der Waals surface area (Å²) in [4.78, 5) is 22.3. The van der Waals surface area contributed by atoms with Crippen LogP contribution in [0.15, 0.2) is 30.4 Å². The van der Waals surface area contributed by atoms with Crippen molar-refractivity contribution >= 4 is 11.7 Å². The minimum Gasteiger partial charge on any atom is -0.463 e. The third-order valence-corrected chi connectivity index (χ3v) is 6.93. The predicted molar refractivity (Wildman–Crippen MR) is 151 cm³/mol. The largest absolute Gasteiger partial charge is 0.463 e. The van der Waals surface area contributed by atoms with E-state index in [2.05, 4.69) is 19.1 Å². The fourth-order valence-electron chi connectivity index (χ4n) is 4.44. The molecular weight excluding hydrogens is 537 g/mol. The van der Waals surface area contributed by atoms with Gasteiger partial charge in [-0.15, -0.1) is 0 Å². The van der Waals surface area contributed by atoms with Crippen LogP contribution in [0.25, 0.3) is 0 Å². The number of benzene rings is 1. The molecule has 11 heteroatoms. The smallest absolute Gasteiger partial charge is 0.305 e. The summed E-state index contributed by atoms with van der Waals surface area (Å²) in [6.45, 7) is 1.72. The molecule has 41 heavy (non-hydrogen) atoms. The van der Waals surface area contributed by atoms with Crippen LogP contribution in [-0.4, -0.2) is 63.5 Å². The third kappa shape index (κ3) is 12.8. The van der Waals surface area contributed by atoms with Crippen molar-refractivity contribution in [1.82, 2.24) is 0 Å². The lowest BCUT2D eigenvalue weighted by Gasteiger charge is -2.39. The molecule has 0 spiro atoms. The van der Waals surface area contributed by atoms with Gasteiger partial charge in [0, 0.05) is 13.9 Å². The highest BCUT2D eigenvalue weighted by molar-refractivity contribution is 5.69. The van der Waals surface area contributed by atoms with Gasteiger partial charge in [0.05, 0.1) is 11.0 Å². The van der Waals surface area contributed by atoms with Crippen molar-refractivity contribution in [3.8, 4) is 5.75 Å². The Balaban J connectivity index is 1.66. The van der Waals surface area contributed by atoms with Crippen molar-refractivity contribution in [2.75, 3.05) is 6.61 Å². The Bertz CT molecular complexity index is 982. The van der Waals surface area contributed by atoms with Crippen LogP contribution in [0.4, 0.5) is 10.1 Å². The normalized spacial score (nSPS) is 23.7. The highest BCUT2D eigenvalue weighted by Gasteiger charge is 2.45. The van der Waals surface area contributed by atoms with Crippen LogP contribution < -0.4 is 4.74 Å². The molecule has 10 nitrogen and oxygen atoms in total. The molecule has 1 aliphatic heterocycles. The number of aliphatic hydroxyl groups is 3. The summed E-state index contributed by atoms with van der Waals surface area (Å²) in [5.74, 6) is -2.25. The van der Waals surface area contributed by atoms with Gasteiger partial charge in [0.25, 0.3) is 5.69 Å². The van der Waals surface area contributed by atoms with E-state index in [-0.39, 0.29) is 6.42 Å². The average molecular weight is 585 g/mol. The summed E-state index contributed by atoms with van der Waals surface area (Å²) < 4.78 is 38.1. The van der Waals surface area contributed by atoms with E-state index in [0.29, 0.717) is 12.5 Å². The first-order valence-corrected chi connectivity index (χ1v) is 14.7. The number of nitro groups is 1. The maximum Gasteiger partial charge on any atom is 0.305 e. The maximum atomic E-state index is 14.2. The van der Waals surface area contributed by atoms with Crippen LogP contribution in [-0.2, 0) is 14.3 Å². The summed E-state index contributed by atoms with van der Waals surface area (Å²) in [5.41, 5.74) is -0.510. The molecule has 0 aromatic heterocycles. The number of aliphatic hydroxyl groups excluding tert-OH is 3. The summed E-state index contributed by atoms with van der Waals surface area (Å²) in [5, 5.41) is 41.4. The zero-order valence-electron chi connectivity index (χ0n) is 24.9. The molecular formula is C30H46FNO9. The Morgan fingerprint density at radius 2 is 1.66 bits per heavy atom. The molecule has 232 valence electrons. The molecule has 0 amide bonds. The van der Waals surface area contributed by atoms with Gasteiger partial charge in [0.15, 0.2) is 11.6 Å². The van der Waals surface area contributed by atoms with Gasteiger partial charge in [-0.25, -0.2) is 4.39 Å². The number of unbranched alkanes of at least 4 members (excludes halogenated alkanes) is 9. The van der Waals surface area contributed by atoms with Crippen LogP contribution >= 0.6 is 0 Å². The van der Waals surface area contributed by atoms with Crippen molar-refractivity contribution < 1.29 is 45.0 Å². The summed E-state index contributed by atoms with van der Waals surface area (Å²) in [6.07, 6.45) is 8.77. The molecule has 1 aromatic rings. The van der Waals surface area contributed by atoms with Gasteiger partial charge in [-0.3, -0.25) is 14.9 Å². The number of ether oxygens (including phenoxy) is 3. The second-order valence-corrected chi connectivity index (χ2v) is 10.3. The molecule has 1 aliphatic rings. The van der Waals surface area contributed by atoms with E-state index in [9.17, 15) is 34.6 Å². The second-order valence-electron chi connectivity index (χ2n) is 10.3. The van der Waals surface area contributed by atoms with Gasteiger partial charge in [0.2, 0.25) is 6.29 Å². The number of non-ortho nitro benzene ring substituents is 1. The monoisotopic (exact) mass is 584 g/mol. The Labute approximate surface area is 243 Å². The first-order valence-electron chi connectivity index (χ1n) is 15.2.